The van der Waals surface area contributed by atoms with Crippen molar-refractivity contribution < 1.29 is 23.9 Å². The van der Waals surface area contributed by atoms with E-state index in [0.29, 0.717) is 10.6 Å². The van der Waals surface area contributed by atoms with Crippen molar-refractivity contribution in [1.82, 2.24) is 4.90 Å². The van der Waals surface area contributed by atoms with Gasteiger partial charge in [0.15, 0.2) is 6.61 Å². The van der Waals surface area contributed by atoms with E-state index in [0.717, 1.165) is 34.5 Å². The number of hydrogen-bond acceptors (Lipinski definition) is 6. The maximum Gasteiger partial charge on any atom is 0.341 e. The molecule has 3 amide bonds. The monoisotopic (exact) mass is 471 g/mol. The highest BCUT2D eigenvalue weighted by atomic mass is 32.1. The number of anilines is 2. The van der Waals surface area contributed by atoms with Gasteiger partial charge in [-0.15, -0.1) is 11.3 Å². The lowest BCUT2D eigenvalue weighted by Gasteiger charge is -2.18. The van der Waals surface area contributed by atoms with Crippen molar-refractivity contribution in [2.24, 2.45) is 5.92 Å². The lowest BCUT2D eigenvalue weighted by Crippen LogP contribution is -2.37. The number of ether oxygens (including phenoxy) is 1. The molecule has 0 bridgehead atoms. The van der Waals surface area contributed by atoms with Crippen molar-refractivity contribution in [2.45, 2.75) is 40.5 Å². The quantitative estimate of drug-likeness (QED) is 0.573. The number of likely N-dealkylation sites (N-methyl/N-ethyl adjacent to an activating group) is 1. The number of carbonyl (C=O) groups excluding carboxylic acids is 4. The third-order valence-corrected chi connectivity index (χ3v) is 6.78. The molecule has 1 saturated carbocycles. The summed E-state index contributed by atoms with van der Waals surface area (Å²) in [7, 11) is 1.47. The molecular weight excluding hydrogens is 442 g/mol. The number of nitrogens with zero attached hydrogens (tertiary/aromatic N) is 1. The highest BCUT2D eigenvalue weighted by molar-refractivity contribution is 7.16. The van der Waals surface area contributed by atoms with Crippen LogP contribution in [0.2, 0.25) is 0 Å². The zero-order valence-corrected chi connectivity index (χ0v) is 20.4. The number of amides is 3. The maximum absolute atomic E-state index is 12.7. The van der Waals surface area contributed by atoms with E-state index in [4.69, 9.17) is 4.74 Å². The van der Waals surface area contributed by atoms with Crippen LogP contribution in [-0.2, 0) is 19.1 Å². The Hall–Kier alpha value is -3.20. The van der Waals surface area contributed by atoms with Gasteiger partial charge in [-0.3, -0.25) is 14.4 Å². The number of esters is 1. The molecule has 8 nitrogen and oxygen atoms in total. The third kappa shape index (κ3) is 5.98. The van der Waals surface area contributed by atoms with Crippen LogP contribution in [0.15, 0.2) is 18.2 Å². The number of rotatable bonds is 8. The van der Waals surface area contributed by atoms with Crippen LogP contribution in [0.3, 0.4) is 0 Å². The van der Waals surface area contributed by atoms with Gasteiger partial charge in [0.05, 0.1) is 12.1 Å². The molecule has 1 aliphatic rings. The van der Waals surface area contributed by atoms with E-state index < -0.39 is 18.5 Å². The largest absolute Gasteiger partial charge is 0.452 e. The molecule has 0 spiro atoms. The predicted molar refractivity (Wildman–Crippen MR) is 128 cm³/mol. The van der Waals surface area contributed by atoms with Crippen molar-refractivity contribution >= 4 is 45.7 Å². The van der Waals surface area contributed by atoms with E-state index in [-0.39, 0.29) is 29.8 Å². The predicted octanol–water partition coefficient (Wildman–Crippen LogP) is 3.58. The van der Waals surface area contributed by atoms with Crippen molar-refractivity contribution in [1.29, 1.82) is 0 Å². The number of benzene rings is 1. The minimum absolute atomic E-state index is 0.00131. The van der Waals surface area contributed by atoms with Gasteiger partial charge in [-0.1, -0.05) is 18.2 Å². The van der Waals surface area contributed by atoms with Crippen LogP contribution in [0.5, 0.6) is 0 Å². The molecule has 33 heavy (non-hydrogen) atoms. The second kappa shape index (κ2) is 10.2. The number of hydrogen-bond donors (Lipinski definition) is 2. The van der Waals surface area contributed by atoms with E-state index >= 15 is 0 Å². The zero-order valence-electron chi connectivity index (χ0n) is 19.5. The summed E-state index contributed by atoms with van der Waals surface area (Å²) in [6, 6.07) is 5.70. The van der Waals surface area contributed by atoms with Crippen LogP contribution in [-0.4, -0.2) is 48.8 Å². The summed E-state index contributed by atoms with van der Waals surface area (Å²) < 4.78 is 5.24. The molecule has 1 aromatic heterocycles. The second-order valence-electron chi connectivity index (χ2n) is 8.39. The normalized spacial score (nSPS) is 12.8. The molecule has 3 rings (SSSR count). The van der Waals surface area contributed by atoms with Gasteiger partial charge in [-0.25, -0.2) is 4.79 Å². The van der Waals surface area contributed by atoms with Gasteiger partial charge in [0, 0.05) is 23.5 Å². The fraction of sp³-hybridized carbons (Fsp3) is 0.417. The summed E-state index contributed by atoms with van der Waals surface area (Å²) in [5, 5.41) is 6.08. The van der Waals surface area contributed by atoms with Crippen LogP contribution in [0.25, 0.3) is 0 Å². The van der Waals surface area contributed by atoms with Crippen LogP contribution in [0.4, 0.5) is 10.7 Å². The minimum Gasteiger partial charge on any atom is -0.452 e. The number of aryl methyl sites for hydroxylation is 3. The van der Waals surface area contributed by atoms with Crippen molar-refractivity contribution in [2.75, 3.05) is 30.8 Å². The van der Waals surface area contributed by atoms with Crippen LogP contribution >= 0.6 is 11.3 Å². The SMILES string of the molecule is Cc1cccc(C)c1NC(=O)CN(C)C(=O)COC(=O)c1c(NC(=O)C2CC2)sc(C)c1C. The Labute approximate surface area is 197 Å². The molecule has 0 atom stereocenters. The number of carbonyl (C=O) groups is 4. The molecule has 0 saturated heterocycles. The summed E-state index contributed by atoms with van der Waals surface area (Å²) in [6.07, 6.45) is 1.71. The first-order valence-electron chi connectivity index (χ1n) is 10.8. The van der Waals surface area contributed by atoms with E-state index in [1.54, 1.807) is 6.92 Å². The van der Waals surface area contributed by atoms with Gasteiger partial charge in [0.1, 0.15) is 5.00 Å². The first-order chi connectivity index (χ1) is 15.6. The first kappa shape index (κ1) is 24.4. The van der Waals surface area contributed by atoms with Crippen molar-refractivity contribution in [3.8, 4) is 0 Å². The molecule has 1 heterocycles. The van der Waals surface area contributed by atoms with Crippen LogP contribution in [0.1, 0.15) is 44.8 Å². The molecule has 1 aliphatic carbocycles. The highest BCUT2D eigenvalue weighted by Crippen LogP contribution is 2.36. The van der Waals surface area contributed by atoms with Gasteiger partial charge in [0.2, 0.25) is 11.8 Å². The van der Waals surface area contributed by atoms with E-state index in [2.05, 4.69) is 10.6 Å². The summed E-state index contributed by atoms with van der Waals surface area (Å²) in [6.45, 7) is 6.75. The maximum atomic E-state index is 12.7. The number of para-hydroxylation sites is 1. The zero-order chi connectivity index (χ0) is 24.3. The summed E-state index contributed by atoms with van der Waals surface area (Å²) >= 11 is 1.31. The first-order valence-corrected chi connectivity index (χ1v) is 11.6. The second-order valence-corrected chi connectivity index (χ2v) is 9.62. The number of thiophene rings is 1. The minimum atomic E-state index is -0.676. The van der Waals surface area contributed by atoms with E-state index in [1.165, 1.54) is 23.3 Å². The molecule has 0 unspecified atom stereocenters. The topological polar surface area (TPSA) is 105 Å². The van der Waals surface area contributed by atoms with Crippen LogP contribution < -0.4 is 10.6 Å². The molecule has 176 valence electrons. The smallest absolute Gasteiger partial charge is 0.341 e. The highest BCUT2D eigenvalue weighted by Gasteiger charge is 2.32. The Bertz CT molecular complexity index is 1080. The summed E-state index contributed by atoms with van der Waals surface area (Å²) in [5.41, 5.74) is 3.56. The molecule has 9 heteroatoms. The standard InChI is InChI=1S/C24H29N3O5S/c1-13-7-6-8-14(2)21(13)25-18(28)11-27(5)19(29)12-32-24(31)20-15(3)16(4)33-23(20)26-22(30)17-9-10-17/h6-8,17H,9-12H2,1-5H3,(H,25,28)(H,26,30). The fourth-order valence-corrected chi connectivity index (χ4v) is 4.38. The molecule has 1 fully saturated rings. The Kier molecular flexibility index (Phi) is 7.53. The van der Waals surface area contributed by atoms with Gasteiger partial charge in [0.25, 0.3) is 5.91 Å². The Morgan fingerprint density at radius 3 is 2.30 bits per heavy atom. The fourth-order valence-electron chi connectivity index (χ4n) is 3.32. The molecule has 2 N–H and O–H groups in total. The van der Waals surface area contributed by atoms with E-state index in [9.17, 15) is 19.2 Å². The Morgan fingerprint density at radius 2 is 1.70 bits per heavy atom. The van der Waals surface area contributed by atoms with Crippen molar-refractivity contribution in [3.05, 3.63) is 45.3 Å². The Balaban J connectivity index is 1.56. The summed E-state index contributed by atoms with van der Waals surface area (Å²) in [4.78, 5) is 51.8. The van der Waals surface area contributed by atoms with E-state index in [1.807, 2.05) is 39.0 Å². The Morgan fingerprint density at radius 1 is 1.06 bits per heavy atom. The van der Waals surface area contributed by atoms with Gasteiger partial charge in [-0.05, 0) is 57.2 Å². The molecule has 0 aliphatic heterocycles. The average Bonchev–Trinajstić information content (AvgIpc) is 3.56. The lowest BCUT2D eigenvalue weighted by molar-refractivity contribution is -0.136. The molecule has 2 aromatic rings. The molecular formula is C24H29N3O5S. The molecule has 1 aromatic carbocycles. The van der Waals surface area contributed by atoms with Gasteiger partial charge < -0.3 is 20.3 Å². The third-order valence-electron chi connectivity index (χ3n) is 5.65. The van der Waals surface area contributed by atoms with Crippen molar-refractivity contribution in [3.63, 3.8) is 0 Å². The van der Waals surface area contributed by atoms with Gasteiger partial charge in [-0.2, -0.15) is 0 Å². The molecule has 0 radical (unpaired) electrons. The average molecular weight is 472 g/mol. The van der Waals surface area contributed by atoms with Crippen LogP contribution in [0, 0.1) is 33.6 Å². The lowest BCUT2D eigenvalue weighted by atomic mass is 10.1. The summed E-state index contributed by atoms with van der Waals surface area (Å²) in [5.74, 6) is -1.63. The van der Waals surface area contributed by atoms with Gasteiger partial charge >= 0.3 is 5.97 Å². The number of nitrogens with one attached hydrogen (secondary N) is 2.